The summed E-state index contributed by atoms with van der Waals surface area (Å²) in [6.45, 7) is 5.53. The van der Waals surface area contributed by atoms with Crippen molar-refractivity contribution in [3.63, 3.8) is 0 Å². The number of amides is 1. The molecular formula is C20H27N5O2S. The fourth-order valence-electron chi connectivity index (χ4n) is 3.13. The average molecular weight is 402 g/mol. The highest BCUT2D eigenvalue weighted by Crippen LogP contribution is 2.21. The number of fused-ring (bicyclic) bond motifs is 3. The van der Waals surface area contributed by atoms with Gasteiger partial charge >= 0.3 is 0 Å². The number of nitrogens with zero attached hydrogens (tertiary/aromatic N) is 4. The van der Waals surface area contributed by atoms with E-state index in [1.54, 1.807) is 4.57 Å². The summed E-state index contributed by atoms with van der Waals surface area (Å²) in [5, 5.41) is 12.7. The van der Waals surface area contributed by atoms with E-state index in [-0.39, 0.29) is 17.2 Å². The first kappa shape index (κ1) is 20.4. The number of thioether (sulfide) groups is 1. The van der Waals surface area contributed by atoms with Crippen molar-refractivity contribution < 1.29 is 4.79 Å². The van der Waals surface area contributed by atoms with Crippen LogP contribution in [0.4, 0.5) is 0 Å². The number of benzene rings is 1. The van der Waals surface area contributed by atoms with E-state index in [1.165, 1.54) is 11.8 Å². The Kier molecular flexibility index (Phi) is 7.08. The average Bonchev–Trinajstić information content (AvgIpc) is 3.13. The monoisotopic (exact) mass is 401 g/mol. The highest BCUT2D eigenvalue weighted by atomic mass is 32.2. The Hall–Kier alpha value is -2.35. The highest BCUT2D eigenvalue weighted by Gasteiger charge is 2.17. The molecule has 0 saturated heterocycles. The van der Waals surface area contributed by atoms with Crippen LogP contribution >= 0.6 is 11.8 Å². The minimum atomic E-state index is -0.0412. The molecule has 1 aromatic carbocycles. The predicted octanol–water partition coefficient (Wildman–Crippen LogP) is 3.24. The Labute approximate surface area is 168 Å². The number of carbonyl (C=O) groups excluding carboxylic acids is 1. The molecule has 7 nitrogen and oxygen atoms in total. The number of aryl methyl sites for hydroxylation is 1. The number of aromatic nitrogens is 4. The van der Waals surface area contributed by atoms with Gasteiger partial charge in [-0.1, -0.05) is 57.0 Å². The summed E-state index contributed by atoms with van der Waals surface area (Å²) >= 11 is 1.34. The molecule has 0 aliphatic carbocycles. The van der Waals surface area contributed by atoms with Gasteiger partial charge in [-0.15, -0.1) is 10.2 Å². The highest BCUT2D eigenvalue weighted by molar-refractivity contribution is 7.99. The second-order valence-electron chi connectivity index (χ2n) is 6.79. The summed E-state index contributed by atoms with van der Waals surface area (Å²) in [6.07, 6.45) is 5.07. The summed E-state index contributed by atoms with van der Waals surface area (Å²) in [6, 6.07) is 7.49. The number of unbranched alkanes of at least 4 members (excludes halogenated alkanes) is 3. The SMILES string of the molecule is CCCCCn1c(=O)c2ccccc2n2c(SCC(=O)NCCCC)nnc12. The normalized spacial score (nSPS) is 11.4. The van der Waals surface area contributed by atoms with Crippen LogP contribution in [-0.2, 0) is 11.3 Å². The van der Waals surface area contributed by atoms with Crippen LogP contribution in [0.25, 0.3) is 16.7 Å². The molecule has 0 unspecified atom stereocenters. The molecule has 1 N–H and O–H groups in total. The molecule has 3 rings (SSSR count). The minimum absolute atomic E-state index is 0.0178. The fourth-order valence-corrected chi connectivity index (χ4v) is 3.90. The van der Waals surface area contributed by atoms with Crippen molar-refractivity contribution in [2.24, 2.45) is 0 Å². The van der Waals surface area contributed by atoms with Crippen LogP contribution in [0.5, 0.6) is 0 Å². The molecule has 0 saturated carbocycles. The molecule has 0 bridgehead atoms. The summed E-state index contributed by atoms with van der Waals surface area (Å²) < 4.78 is 3.60. The van der Waals surface area contributed by atoms with E-state index in [0.29, 0.717) is 29.4 Å². The quantitative estimate of drug-likeness (QED) is 0.417. The standard InChI is InChI=1S/C20H27N5O2S/c1-3-5-9-13-24-18(27)15-10-7-8-11-16(15)25-19(24)22-23-20(25)28-14-17(26)21-12-6-4-2/h7-8,10-11H,3-6,9,12-14H2,1-2H3,(H,21,26). The molecule has 1 amide bonds. The molecule has 2 aromatic heterocycles. The second-order valence-corrected chi connectivity index (χ2v) is 7.73. The Balaban J connectivity index is 1.94. The molecule has 0 fully saturated rings. The van der Waals surface area contributed by atoms with Crippen LogP contribution in [-0.4, -0.2) is 37.4 Å². The number of rotatable bonds is 10. The van der Waals surface area contributed by atoms with Gasteiger partial charge in [-0.3, -0.25) is 18.6 Å². The third kappa shape index (κ3) is 4.38. The summed E-state index contributed by atoms with van der Waals surface area (Å²) in [4.78, 5) is 25.0. The van der Waals surface area contributed by atoms with Gasteiger partial charge in [0.15, 0.2) is 5.16 Å². The number of para-hydroxylation sites is 1. The summed E-state index contributed by atoms with van der Waals surface area (Å²) in [7, 11) is 0. The molecule has 3 aromatic rings. The predicted molar refractivity (Wildman–Crippen MR) is 113 cm³/mol. The van der Waals surface area contributed by atoms with Gasteiger partial charge < -0.3 is 5.32 Å². The first-order valence-electron chi connectivity index (χ1n) is 9.93. The molecule has 0 radical (unpaired) electrons. The molecule has 8 heteroatoms. The van der Waals surface area contributed by atoms with Crippen molar-refractivity contribution >= 4 is 34.3 Å². The largest absolute Gasteiger partial charge is 0.355 e. The minimum Gasteiger partial charge on any atom is -0.355 e. The Morgan fingerprint density at radius 2 is 1.89 bits per heavy atom. The Morgan fingerprint density at radius 3 is 2.68 bits per heavy atom. The zero-order chi connectivity index (χ0) is 19.9. The lowest BCUT2D eigenvalue weighted by atomic mass is 10.2. The topological polar surface area (TPSA) is 81.3 Å². The smallest absolute Gasteiger partial charge is 0.262 e. The van der Waals surface area contributed by atoms with Crippen LogP contribution < -0.4 is 10.9 Å². The van der Waals surface area contributed by atoms with E-state index in [2.05, 4.69) is 29.4 Å². The van der Waals surface area contributed by atoms with Crippen LogP contribution in [0.2, 0.25) is 0 Å². The van der Waals surface area contributed by atoms with Crippen molar-refractivity contribution in [1.82, 2.24) is 24.5 Å². The third-order valence-corrected chi connectivity index (χ3v) is 5.58. The molecule has 28 heavy (non-hydrogen) atoms. The zero-order valence-electron chi connectivity index (χ0n) is 16.5. The summed E-state index contributed by atoms with van der Waals surface area (Å²) in [5.41, 5.74) is 0.730. The molecule has 0 aliphatic heterocycles. The number of nitrogens with one attached hydrogen (secondary N) is 1. The van der Waals surface area contributed by atoms with Crippen molar-refractivity contribution in [3.05, 3.63) is 34.6 Å². The number of carbonyl (C=O) groups is 1. The first-order chi connectivity index (χ1) is 13.7. The number of hydrogen-bond acceptors (Lipinski definition) is 5. The fraction of sp³-hybridized carbons (Fsp3) is 0.500. The molecule has 0 atom stereocenters. The Morgan fingerprint density at radius 1 is 1.11 bits per heavy atom. The Bertz CT molecular complexity index is 1010. The molecule has 2 heterocycles. The number of hydrogen-bond donors (Lipinski definition) is 1. The van der Waals surface area contributed by atoms with E-state index in [9.17, 15) is 9.59 Å². The molecular weight excluding hydrogens is 374 g/mol. The zero-order valence-corrected chi connectivity index (χ0v) is 17.3. The molecule has 0 spiro atoms. The second kappa shape index (κ2) is 9.73. The van der Waals surface area contributed by atoms with Gasteiger partial charge in [0.05, 0.1) is 16.7 Å². The van der Waals surface area contributed by atoms with E-state index in [1.807, 2.05) is 28.7 Å². The lowest BCUT2D eigenvalue weighted by molar-refractivity contribution is -0.118. The first-order valence-corrected chi connectivity index (χ1v) is 10.9. The van der Waals surface area contributed by atoms with Gasteiger partial charge in [-0.05, 0) is 25.0 Å². The van der Waals surface area contributed by atoms with Gasteiger partial charge in [0.1, 0.15) is 0 Å². The van der Waals surface area contributed by atoms with Crippen molar-refractivity contribution in [2.45, 2.75) is 57.7 Å². The van der Waals surface area contributed by atoms with Crippen LogP contribution in [0, 0.1) is 0 Å². The lowest BCUT2D eigenvalue weighted by Crippen LogP contribution is -2.26. The lowest BCUT2D eigenvalue weighted by Gasteiger charge is -2.11. The van der Waals surface area contributed by atoms with E-state index in [4.69, 9.17) is 0 Å². The van der Waals surface area contributed by atoms with Crippen molar-refractivity contribution in [2.75, 3.05) is 12.3 Å². The van der Waals surface area contributed by atoms with Crippen LogP contribution in [0.1, 0.15) is 46.0 Å². The van der Waals surface area contributed by atoms with Crippen LogP contribution in [0.3, 0.4) is 0 Å². The maximum atomic E-state index is 13.0. The van der Waals surface area contributed by atoms with Crippen molar-refractivity contribution in [1.29, 1.82) is 0 Å². The van der Waals surface area contributed by atoms with Gasteiger partial charge in [-0.2, -0.15) is 0 Å². The van der Waals surface area contributed by atoms with Gasteiger partial charge in [0.2, 0.25) is 11.7 Å². The van der Waals surface area contributed by atoms with Gasteiger partial charge in [0, 0.05) is 13.1 Å². The van der Waals surface area contributed by atoms with E-state index >= 15 is 0 Å². The van der Waals surface area contributed by atoms with Crippen LogP contribution in [0.15, 0.2) is 34.2 Å². The van der Waals surface area contributed by atoms with Gasteiger partial charge in [-0.25, -0.2) is 0 Å². The van der Waals surface area contributed by atoms with Crippen molar-refractivity contribution in [3.8, 4) is 0 Å². The molecule has 0 aliphatic rings. The van der Waals surface area contributed by atoms with E-state index in [0.717, 1.165) is 37.6 Å². The maximum Gasteiger partial charge on any atom is 0.262 e. The maximum absolute atomic E-state index is 13.0. The third-order valence-electron chi connectivity index (χ3n) is 4.65. The van der Waals surface area contributed by atoms with E-state index < -0.39 is 0 Å². The summed E-state index contributed by atoms with van der Waals surface area (Å²) in [5.74, 6) is 0.790. The van der Waals surface area contributed by atoms with Gasteiger partial charge in [0.25, 0.3) is 5.56 Å². The molecule has 150 valence electrons.